The molecule has 1 aliphatic carbocycles. The van der Waals surface area contributed by atoms with Crippen molar-refractivity contribution in [1.82, 2.24) is 9.80 Å². The van der Waals surface area contributed by atoms with Gasteiger partial charge in [0.05, 0.1) is 6.42 Å². The molecule has 1 amide bonds. The van der Waals surface area contributed by atoms with Crippen LogP contribution in [0.1, 0.15) is 52.4 Å². The molecule has 132 valence electrons. The summed E-state index contributed by atoms with van der Waals surface area (Å²) in [5.41, 5.74) is 0. The van der Waals surface area contributed by atoms with Crippen molar-refractivity contribution >= 4 is 5.91 Å². The Balaban J connectivity index is 1.52. The Morgan fingerprint density at radius 1 is 1.09 bits per heavy atom. The van der Waals surface area contributed by atoms with Crippen LogP contribution in [0.5, 0.6) is 0 Å². The maximum Gasteiger partial charge on any atom is 0.227 e. The van der Waals surface area contributed by atoms with Crippen LogP contribution in [0.3, 0.4) is 0 Å². The van der Waals surface area contributed by atoms with Crippen LogP contribution in [0.25, 0.3) is 0 Å². The molecular weight excluding hydrogens is 292 g/mol. The highest BCUT2D eigenvalue weighted by Gasteiger charge is 2.42. The van der Waals surface area contributed by atoms with Gasteiger partial charge in [-0.15, -0.1) is 0 Å². The molecule has 0 unspecified atom stereocenters. The zero-order valence-corrected chi connectivity index (χ0v) is 14.7. The standard InChI is InChI=1S/C18H32N2O3/c1-3-22-18(23-4-2)12-17(21)19-11-9-16-14(13-19)6-5-10-20(16)15-7-8-15/h14-16,18H,3-13H2,1-2H3/t14-,16+/m0/s1. The molecule has 0 aromatic rings. The number of amides is 1. The van der Waals surface area contributed by atoms with Crippen LogP contribution in [-0.2, 0) is 14.3 Å². The first-order valence-corrected chi connectivity index (χ1v) is 9.49. The lowest BCUT2D eigenvalue weighted by molar-refractivity contribution is -0.161. The van der Waals surface area contributed by atoms with E-state index in [2.05, 4.69) is 9.80 Å². The summed E-state index contributed by atoms with van der Waals surface area (Å²) in [6.45, 7) is 8.15. The number of fused-ring (bicyclic) bond motifs is 1. The van der Waals surface area contributed by atoms with E-state index in [0.29, 0.717) is 25.6 Å². The molecule has 3 aliphatic rings. The van der Waals surface area contributed by atoms with Crippen molar-refractivity contribution in [2.45, 2.75) is 70.7 Å². The van der Waals surface area contributed by atoms with Gasteiger partial charge >= 0.3 is 0 Å². The maximum atomic E-state index is 12.6. The predicted octanol–water partition coefficient (Wildman–Crippen LogP) is 2.25. The van der Waals surface area contributed by atoms with Crippen molar-refractivity contribution < 1.29 is 14.3 Å². The average Bonchev–Trinajstić information content (AvgIpc) is 3.39. The molecule has 0 spiro atoms. The highest BCUT2D eigenvalue weighted by atomic mass is 16.7. The monoisotopic (exact) mass is 324 g/mol. The summed E-state index contributed by atoms with van der Waals surface area (Å²) in [4.78, 5) is 17.4. The van der Waals surface area contributed by atoms with Gasteiger partial charge in [0.25, 0.3) is 0 Å². The Kier molecular flexibility index (Phi) is 5.94. The lowest BCUT2D eigenvalue weighted by atomic mass is 9.83. The normalized spacial score (nSPS) is 28.9. The fraction of sp³-hybridized carbons (Fsp3) is 0.944. The number of hydrogen-bond donors (Lipinski definition) is 0. The Hall–Kier alpha value is -0.650. The first-order chi connectivity index (χ1) is 11.2. The minimum absolute atomic E-state index is 0.193. The van der Waals surface area contributed by atoms with E-state index in [1.165, 1.54) is 32.2 Å². The highest BCUT2D eigenvalue weighted by molar-refractivity contribution is 5.76. The van der Waals surface area contributed by atoms with Crippen molar-refractivity contribution in [2.24, 2.45) is 5.92 Å². The number of carbonyl (C=O) groups is 1. The van der Waals surface area contributed by atoms with E-state index in [-0.39, 0.29) is 12.2 Å². The zero-order chi connectivity index (χ0) is 16.2. The van der Waals surface area contributed by atoms with E-state index >= 15 is 0 Å². The SMILES string of the molecule is CCOC(CC(=O)N1CC[C@@H]2[C@@H](CCCN2C2CC2)C1)OCC. The van der Waals surface area contributed by atoms with Crippen molar-refractivity contribution in [3.63, 3.8) is 0 Å². The van der Waals surface area contributed by atoms with E-state index in [4.69, 9.17) is 9.47 Å². The third-order valence-electron chi connectivity index (χ3n) is 5.53. The Morgan fingerprint density at radius 2 is 1.83 bits per heavy atom. The van der Waals surface area contributed by atoms with Crippen LogP contribution >= 0.6 is 0 Å². The molecule has 0 bridgehead atoms. The molecule has 2 aliphatic heterocycles. The predicted molar refractivity (Wildman–Crippen MR) is 89.1 cm³/mol. The van der Waals surface area contributed by atoms with Crippen LogP contribution in [0.4, 0.5) is 0 Å². The number of hydrogen-bond acceptors (Lipinski definition) is 4. The molecule has 5 nitrogen and oxygen atoms in total. The molecule has 0 N–H and O–H groups in total. The van der Waals surface area contributed by atoms with Gasteiger partial charge in [-0.2, -0.15) is 0 Å². The molecule has 2 saturated heterocycles. The molecular formula is C18H32N2O3. The quantitative estimate of drug-likeness (QED) is 0.674. The lowest BCUT2D eigenvalue weighted by Gasteiger charge is -2.47. The number of piperidine rings is 2. The molecule has 2 heterocycles. The summed E-state index contributed by atoms with van der Waals surface area (Å²) in [5, 5.41) is 0. The first-order valence-electron chi connectivity index (χ1n) is 9.49. The molecule has 3 rings (SSSR count). The molecule has 2 atom stereocenters. The Bertz CT molecular complexity index is 394. The van der Waals surface area contributed by atoms with Gasteiger partial charge in [-0.1, -0.05) is 0 Å². The van der Waals surface area contributed by atoms with E-state index in [0.717, 1.165) is 31.6 Å². The van der Waals surface area contributed by atoms with Crippen molar-refractivity contribution in [3.8, 4) is 0 Å². The summed E-state index contributed by atoms with van der Waals surface area (Å²) in [5.74, 6) is 0.860. The number of likely N-dealkylation sites (tertiary alicyclic amines) is 2. The summed E-state index contributed by atoms with van der Waals surface area (Å²) >= 11 is 0. The fourth-order valence-corrected chi connectivity index (χ4v) is 4.34. The molecule has 0 aromatic carbocycles. The van der Waals surface area contributed by atoms with E-state index in [1.54, 1.807) is 0 Å². The summed E-state index contributed by atoms with van der Waals surface area (Å²) in [6, 6.07) is 1.57. The number of carbonyl (C=O) groups excluding carboxylic acids is 1. The lowest BCUT2D eigenvalue weighted by Crippen LogP contribution is -2.56. The third kappa shape index (κ3) is 4.25. The molecule has 0 radical (unpaired) electrons. The van der Waals surface area contributed by atoms with E-state index in [9.17, 15) is 4.79 Å². The summed E-state index contributed by atoms with van der Waals surface area (Å²) in [7, 11) is 0. The summed E-state index contributed by atoms with van der Waals surface area (Å²) in [6.07, 6.45) is 6.45. The highest BCUT2D eigenvalue weighted by Crippen LogP contribution is 2.38. The largest absolute Gasteiger partial charge is 0.352 e. The fourth-order valence-electron chi connectivity index (χ4n) is 4.34. The number of rotatable bonds is 7. The van der Waals surface area contributed by atoms with Crippen LogP contribution in [0, 0.1) is 5.92 Å². The van der Waals surface area contributed by atoms with Crippen molar-refractivity contribution in [2.75, 3.05) is 32.8 Å². The smallest absolute Gasteiger partial charge is 0.227 e. The minimum atomic E-state index is -0.385. The minimum Gasteiger partial charge on any atom is -0.352 e. The second kappa shape index (κ2) is 7.95. The van der Waals surface area contributed by atoms with E-state index < -0.39 is 0 Å². The third-order valence-corrected chi connectivity index (χ3v) is 5.53. The molecule has 1 saturated carbocycles. The van der Waals surface area contributed by atoms with Gasteiger partial charge < -0.3 is 14.4 Å². The van der Waals surface area contributed by atoms with Gasteiger partial charge in [0.2, 0.25) is 5.91 Å². The maximum absolute atomic E-state index is 12.6. The second-order valence-corrected chi connectivity index (χ2v) is 7.11. The number of ether oxygens (including phenoxy) is 2. The van der Waals surface area contributed by atoms with Gasteiger partial charge in [0, 0.05) is 38.4 Å². The van der Waals surface area contributed by atoms with Crippen LogP contribution in [-0.4, -0.2) is 66.9 Å². The van der Waals surface area contributed by atoms with Crippen LogP contribution < -0.4 is 0 Å². The Labute approximate surface area is 140 Å². The molecule has 3 fully saturated rings. The second-order valence-electron chi connectivity index (χ2n) is 7.11. The molecule has 23 heavy (non-hydrogen) atoms. The van der Waals surface area contributed by atoms with Gasteiger partial charge in [0.15, 0.2) is 6.29 Å². The van der Waals surface area contributed by atoms with Gasteiger partial charge in [-0.25, -0.2) is 0 Å². The zero-order valence-electron chi connectivity index (χ0n) is 14.7. The van der Waals surface area contributed by atoms with Gasteiger partial charge in [-0.3, -0.25) is 9.69 Å². The van der Waals surface area contributed by atoms with Crippen molar-refractivity contribution in [1.29, 1.82) is 0 Å². The molecule has 0 aromatic heterocycles. The number of nitrogens with zero attached hydrogens (tertiary/aromatic N) is 2. The van der Waals surface area contributed by atoms with Gasteiger partial charge in [-0.05, 0) is 58.4 Å². The van der Waals surface area contributed by atoms with Gasteiger partial charge in [0.1, 0.15) is 0 Å². The van der Waals surface area contributed by atoms with Crippen molar-refractivity contribution in [3.05, 3.63) is 0 Å². The summed E-state index contributed by atoms with van der Waals surface area (Å²) < 4.78 is 11.1. The topological polar surface area (TPSA) is 42.0 Å². The first kappa shape index (κ1) is 17.2. The Morgan fingerprint density at radius 3 is 2.48 bits per heavy atom. The van der Waals surface area contributed by atoms with E-state index in [1.807, 2.05) is 13.8 Å². The van der Waals surface area contributed by atoms with Crippen LogP contribution in [0.2, 0.25) is 0 Å². The van der Waals surface area contributed by atoms with Crippen LogP contribution in [0.15, 0.2) is 0 Å². The average molecular weight is 324 g/mol. The molecule has 5 heteroatoms.